The molecule has 0 unspecified atom stereocenters. The number of rotatable bonds is 4. The number of fused-ring (bicyclic) bond motifs is 1. The number of nitro groups is 1. The van der Waals surface area contributed by atoms with E-state index >= 15 is 0 Å². The van der Waals surface area contributed by atoms with Crippen molar-refractivity contribution < 1.29 is 14.1 Å². The normalized spacial score (nSPS) is 10.8. The Balaban J connectivity index is 1.94. The molecule has 0 aliphatic rings. The summed E-state index contributed by atoms with van der Waals surface area (Å²) in [5.41, 5.74) is 2.51. The first-order valence-electron chi connectivity index (χ1n) is 7.68. The van der Waals surface area contributed by atoms with Gasteiger partial charge in [-0.15, -0.1) is 0 Å². The lowest BCUT2D eigenvalue weighted by Crippen LogP contribution is -2.12. The number of aryl methyl sites for hydroxylation is 2. The molecule has 1 amide bonds. The Kier molecular flexibility index (Phi) is 4.46. The molecule has 1 aromatic heterocycles. The van der Waals surface area contributed by atoms with Crippen LogP contribution < -0.4 is 5.32 Å². The highest BCUT2D eigenvalue weighted by atomic mass is 35.5. The molecule has 3 aromatic rings. The summed E-state index contributed by atoms with van der Waals surface area (Å²) in [4.78, 5) is 22.9. The third kappa shape index (κ3) is 3.21. The summed E-state index contributed by atoms with van der Waals surface area (Å²) < 4.78 is 5.66. The quantitative estimate of drug-likeness (QED) is 0.518. The van der Waals surface area contributed by atoms with Crippen LogP contribution in [0.3, 0.4) is 0 Å². The van der Waals surface area contributed by atoms with Gasteiger partial charge in [-0.3, -0.25) is 14.9 Å². The molecule has 7 heteroatoms. The van der Waals surface area contributed by atoms with Crippen LogP contribution in [0.4, 0.5) is 11.4 Å². The van der Waals surface area contributed by atoms with Crippen LogP contribution >= 0.6 is 11.6 Å². The van der Waals surface area contributed by atoms with Gasteiger partial charge < -0.3 is 9.73 Å². The van der Waals surface area contributed by atoms with Crippen LogP contribution in [0.2, 0.25) is 5.02 Å². The summed E-state index contributed by atoms with van der Waals surface area (Å²) in [5, 5.41) is 14.5. The van der Waals surface area contributed by atoms with E-state index in [0.717, 1.165) is 22.9 Å². The fourth-order valence-electron chi connectivity index (χ4n) is 2.62. The summed E-state index contributed by atoms with van der Waals surface area (Å²) in [6.07, 6.45) is 0.885. The van der Waals surface area contributed by atoms with Gasteiger partial charge in [0.15, 0.2) is 5.76 Å². The number of carbonyl (C=O) groups is 1. The van der Waals surface area contributed by atoms with E-state index in [1.54, 1.807) is 0 Å². The van der Waals surface area contributed by atoms with Gasteiger partial charge in [-0.2, -0.15) is 0 Å². The minimum atomic E-state index is -0.600. The predicted molar refractivity (Wildman–Crippen MR) is 96.4 cm³/mol. The fourth-order valence-corrected chi connectivity index (χ4v) is 2.81. The average molecular weight is 359 g/mol. The first-order chi connectivity index (χ1) is 11.9. The molecule has 128 valence electrons. The van der Waals surface area contributed by atoms with Gasteiger partial charge in [0.05, 0.1) is 4.92 Å². The molecule has 0 atom stereocenters. The van der Waals surface area contributed by atoms with E-state index in [-0.39, 0.29) is 22.2 Å². The van der Waals surface area contributed by atoms with E-state index in [9.17, 15) is 14.9 Å². The Hall–Kier alpha value is -2.86. The van der Waals surface area contributed by atoms with Crippen LogP contribution in [0.1, 0.15) is 28.6 Å². The van der Waals surface area contributed by atoms with Crippen molar-refractivity contribution in [2.75, 3.05) is 5.32 Å². The van der Waals surface area contributed by atoms with Crippen LogP contribution in [0, 0.1) is 17.0 Å². The topological polar surface area (TPSA) is 85.4 Å². The van der Waals surface area contributed by atoms with Gasteiger partial charge in [0, 0.05) is 22.7 Å². The number of halogens is 1. The Morgan fingerprint density at radius 2 is 2.04 bits per heavy atom. The second kappa shape index (κ2) is 6.57. The standard InChI is InChI=1S/C18H15ClN2O4/c1-3-11-4-7-16-13(8-11)10(2)17(25-16)18(22)20-12-5-6-14(19)15(9-12)21(23)24/h4-9H,3H2,1-2H3,(H,20,22). The van der Waals surface area contributed by atoms with Crippen molar-refractivity contribution in [1.29, 1.82) is 0 Å². The van der Waals surface area contributed by atoms with Gasteiger partial charge in [-0.25, -0.2) is 0 Å². The lowest BCUT2D eigenvalue weighted by molar-refractivity contribution is -0.384. The summed E-state index contributed by atoms with van der Waals surface area (Å²) >= 11 is 5.78. The number of amides is 1. The van der Waals surface area contributed by atoms with Gasteiger partial charge in [0.1, 0.15) is 10.6 Å². The van der Waals surface area contributed by atoms with Gasteiger partial charge in [0.2, 0.25) is 0 Å². The molecule has 0 aliphatic carbocycles. The van der Waals surface area contributed by atoms with Gasteiger partial charge in [-0.05, 0) is 43.2 Å². The monoisotopic (exact) mass is 358 g/mol. The van der Waals surface area contributed by atoms with Crippen LogP contribution in [-0.2, 0) is 6.42 Å². The molecule has 6 nitrogen and oxygen atoms in total. The molecule has 1 heterocycles. The van der Waals surface area contributed by atoms with E-state index in [0.29, 0.717) is 5.58 Å². The first kappa shape index (κ1) is 17.0. The minimum absolute atomic E-state index is 0.00927. The minimum Gasteiger partial charge on any atom is -0.451 e. The van der Waals surface area contributed by atoms with E-state index in [1.807, 2.05) is 25.1 Å². The molecular formula is C18H15ClN2O4. The number of carbonyl (C=O) groups excluding carboxylic acids is 1. The zero-order chi connectivity index (χ0) is 18.1. The van der Waals surface area contributed by atoms with Crippen molar-refractivity contribution >= 4 is 39.9 Å². The third-order valence-corrected chi connectivity index (χ3v) is 4.34. The largest absolute Gasteiger partial charge is 0.451 e. The SMILES string of the molecule is CCc1ccc2oc(C(=O)Nc3ccc(Cl)c([N+](=O)[O-])c3)c(C)c2c1. The van der Waals surface area contributed by atoms with Crippen LogP contribution in [0.15, 0.2) is 40.8 Å². The Morgan fingerprint density at radius 1 is 1.28 bits per heavy atom. The average Bonchev–Trinajstić information content (AvgIpc) is 2.92. The number of hydrogen-bond acceptors (Lipinski definition) is 4. The number of nitrogens with one attached hydrogen (secondary N) is 1. The molecule has 0 spiro atoms. The summed E-state index contributed by atoms with van der Waals surface area (Å²) in [6.45, 7) is 3.86. The van der Waals surface area contributed by atoms with Crippen LogP contribution in [0.25, 0.3) is 11.0 Å². The molecule has 0 saturated carbocycles. The van der Waals surface area contributed by atoms with E-state index in [1.165, 1.54) is 18.2 Å². The van der Waals surface area contributed by atoms with Crippen molar-refractivity contribution in [3.05, 3.63) is 68.4 Å². The summed E-state index contributed by atoms with van der Waals surface area (Å²) in [6, 6.07) is 9.88. The third-order valence-electron chi connectivity index (χ3n) is 4.02. The molecule has 1 N–H and O–H groups in total. The van der Waals surface area contributed by atoms with Crippen molar-refractivity contribution in [2.24, 2.45) is 0 Å². The highest BCUT2D eigenvalue weighted by Crippen LogP contribution is 2.29. The van der Waals surface area contributed by atoms with E-state index in [4.69, 9.17) is 16.0 Å². The van der Waals surface area contributed by atoms with Crippen molar-refractivity contribution in [3.8, 4) is 0 Å². The maximum atomic E-state index is 12.5. The van der Waals surface area contributed by atoms with Gasteiger partial charge >= 0.3 is 0 Å². The molecule has 25 heavy (non-hydrogen) atoms. The summed E-state index contributed by atoms with van der Waals surface area (Å²) in [5.74, 6) is -0.288. The number of anilines is 1. The molecule has 0 aliphatic heterocycles. The Labute approximate surface area is 148 Å². The molecule has 2 aromatic carbocycles. The highest BCUT2D eigenvalue weighted by molar-refractivity contribution is 6.32. The summed E-state index contributed by atoms with van der Waals surface area (Å²) in [7, 11) is 0. The Bertz CT molecular complexity index is 994. The smallest absolute Gasteiger partial charge is 0.291 e. The highest BCUT2D eigenvalue weighted by Gasteiger charge is 2.20. The second-order valence-corrected chi connectivity index (χ2v) is 6.02. The van der Waals surface area contributed by atoms with Gasteiger partial charge in [0.25, 0.3) is 11.6 Å². The molecule has 3 rings (SSSR count). The van der Waals surface area contributed by atoms with Gasteiger partial charge in [-0.1, -0.05) is 24.6 Å². The molecular weight excluding hydrogens is 344 g/mol. The van der Waals surface area contributed by atoms with Crippen molar-refractivity contribution in [3.63, 3.8) is 0 Å². The zero-order valence-electron chi connectivity index (χ0n) is 13.6. The van der Waals surface area contributed by atoms with E-state index < -0.39 is 10.8 Å². The van der Waals surface area contributed by atoms with Crippen molar-refractivity contribution in [1.82, 2.24) is 0 Å². The number of nitro benzene ring substituents is 1. The second-order valence-electron chi connectivity index (χ2n) is 5.62. The van der Waals surface area contributed by atoms with E-state index in [2.05, 4.69) is 12.2 Å². The predicted octanol–water partition coefficient (Wildman–Crippen LogP) is 5.12. The number of benzene rings is 2. The number of hydrogen-bond donors (Lipinski definition) is 1. The molecule has 0 radical (unpaired) electrons. The van der Waals surface area contributed by atoms with Crippen molar-refractivity contribution in [2.45, 2.75) is 20.3 Å². The number of furan rings is 1. The molecule has 0 bridgehead atoms. The molecule has 0 fully saturated rings. The zero-order valence-corrected chi connectivity index (χ0v) is 14.4. The Morgan fingerprint density at radius 3 is 2.72 bits per heavy atom. The molecule has 0 saturated heterocycles. The lowest BCUT2D eigenvalue weighted by atomic mass is 10.1. The lowest BCUT2D eigenvalue weighted by Gasteiger charge is -2.04. The maximum absolute atomic E-state index is 12.5. The number of nitrogens with zero attached hydrogens (tertiary/aromatic N) is 1. The van der Waals surface area contributed by atoms with Crippen LogP contribution in [-0.4, -0.2) is 10.8 Å². The maximum Gasteiger partial charge on any atom is 0.291 e. The fraction of sp³-hybridized carbons (Fsp3) is 0.167. The van der Waals surface area contributed by atoms with Crippen LogP contribution in [0.5, 0.6) is 0 Å². The first-order valence-corrected chi connectivity index (χ1v) is 8.05.